The number of benzene rings is 4. The molecule has 0 saturated heterocycles. The van der Waals surface area contributed by atoms with Gasteiger partial charge in [0.15, 0.2) is 0 Å². The van der Waals surface area contributed by atoms with E-state index in [1.54, 1.807) is 12.4 Å². The van der Waals surface area contributed by atoms with E-state index < -0.39 is 29.2 Å². The van der Waals surface area contributed by atoms with Gasteiger partial charge in [-0.2, -0.15) is 0 Å². The van der Waals surface area contributed by atoms with E-state index in [1.165, 1.54) is 35.5 Å². The summed E-state index contributed by atoms with van der Waals surface area (Å²) < 4.78 is 28.1. The van der Waals surface area contributed by atoms with E-state index in [-0.39, 0.29) is 61.5 Å². The SMILES string of the molecule is CCCCC(CCCC)(NC(=O)OCC1c2ccccc2-c2ccccc21)C(=O)O.CCCCC(N)(CCCC)C(=O)OC.CCCCC(N)C(=O)OC.CCCCC(N=Cc1ccccc1)C(=O)OC.COC(=O)CN.COC(=O)CN=Cc1ccccc1. The van der Waals surface area contributed by atoms with E-state index in [4.69, 9.17) is 31.4 Å². The summed E-state index contributed by atoms with van der Waals surface area (Å²) in [5.74, 6) is -2.58. The van der Waals surface area contributed by atoms with E-state index in [0.717, 1.165) is 136 Å². The third-order valence-corrected chi connectivity index (χ3v) is 14.3. The largest absolute Gasteiger partial charge is 0.480 e. The summed E-state index contributed by atoms with van der Waals surface area (Å²) in [5, 5.41) is 12.6. The minimum atomic E-state index is -1.27. The smallest absolute Gasteiger partial charge is 0.408 e. The molecule has 0 bridgehead atoms. The molecule has 0 saturated carbocycles. The predicted octanol–water partition coefficient (Wildman–Crippen LogP) is 11.9. The number of ether oxygens (including phenoxy) is 6. The molecule has 0 aromatic heterocycles. The van der Waals surface area contributed by atoms with E-state index in [1.807, 2.05) is 98.8 Å². The molecule has 500 valence electrons. The number of fused-ring (bicyclic) bond motifs is 3. The van der Waals surface area contributed by atoms with Gasteiger partial charge in [0.2, 0.25) is 0 Å². The van der Waals surface area contributed by atoms with Crippen LogP contribution in [-0.2, 0) is 57.2 Å². The number of alkyl carbamates (subject to hydrolysis) is 1. The third kappa shape index (κ3) is 33.1. The molecule has 1 amide bonds. The first-order chi connectivity index (χ1) is 43.2. The highest BCUT2D eigenvalue weighted by molar-refractivity contribution is 5.86. The number of carbonyl (C=O) groups excluding carboxylic acids is 6. The Morgan fingerprint density at radius 1 is 0.556 bits per heavy atom. The van der Waals surface area contributed by atoms with Crippen molar-refractivity contribution >= 4 is 54.3 Å². The van der Waals surface area contributed by atoms with Crippen molar-refractivity contribution in [2.45, 2.75) is 186 Å². The number of nitrogens with zero attached hydrogens (tertiary/aromatic N) is 2. The molecule has 0 aliphatic heterocycles. The molecule has 0 fully saturated rings. The lowest BCUT2D eigenvalue weighted by Gasteiger charge is -2.30. The molecule has 4 aromatic rings. The second-order valence-electron chi connectivity index (χ2n) is 21.3. The molecular weight excluding hydrogens is 1150 g/mol. The highest BCUT2D eigenvalue weighted by atomic mass is 16.6. The Morgan fingerprint density at radius 3 is 1.40 bits per heavy atom. The van der Waals surface area contributed by atoms with Crippen LogP contribution < -0.4 is 22.5 Å². The number of rotatable bonds is 31. The van der Waals surface area contributed by atoms with Gasteiger partial charge in [-0.15, -0.1) is 0 Å². The summed E-state index contributed by atoms with van der Waals surface area (Å²) in [7, 11) is 6.81. The van der Waals surface area contributed by atoms with E-state index >= 15 is 0 Å². The Kier molecular flexibility index (Phi) is 45.7. The summed E-state index contributed by atoms with van der Waals surface area (Å²) in [6.45, 7) is 12.6. The van der Waals surface area contributed by atoms with Gasteiger partial charge >= 0.3 is 41.9 Å². The maximum absolute atomic E-state index is 12.7. The number of carbonyl (C=O) groups is 7. The summed E-state index contributed by atoms with van der Waals surface area (Å²) in [4.78, 5) is 87.1. The zero-order valence-electron chi connectivity index (χ0n) is 55.5. The Labute approximate surface area is 535 Å². The van der Waals surface area contributed by atoms with E-state index in [0.29, 0.717) is 12.8 Å². The van der Waals surface area contributed by atoms with Crippen molar-refractivity contribution in [2.24, 2.45) is 27.2 Å². The first kappa shape index (κ1) is 82.2. The first-order valence-electron chi connectivity index (χ1n) is 31.4. The molecule has 20 nitrogen and oxygen atoms in total. The van der Waals surface area contributed by atoms with Crippen LogP contribution in [0.2, 0.25) is 0 Å². The predicted molar refractivity (Wildman–Crippen MR) is 356 cm³/mol. The molecule has 5 rings (SSSR count). The van der Waals surface area contributed by atoms with Gasteiger partial charge in [-0.1, -0.05) is 228 Å². The second kappa shape index (κ2) is 50.0. The second-order valence-corrected chi connectivity index (χ2v) is 21.3. The molecular formula is C70H106N6O14. The van der Waals surface area contributed by atoms with E-state index in [2.05, 4.69) is 81.5 Å². The Morgan fingerprint density at radius 2 is 0.989 bits per heavy atom. The fraction of sp³-hybridized carbons (Fsp3) is 0.529. The van der Waals surface area contributed by atoms with Crippen molar-refractivity contribution in [3.05, 3.63) is 131 Å². The van der Waals surface area contributed by atoms with Crippen LogP contribution in [0.1, 0.15) is 185 Å². The molecule has 1 aliphatic rings. The molecule has 0 radical (unpaired) electrons. The number of nitrogens with two attached hydrogens (primary N) is 3. The number of unbranched alkanes of at least 4 members (excludes halogenated alkanes) is 6. The summed E-state index contributed by atoms with van der Waals surface area (Å²) in [6.07, 6.45) is 17.8. The maximum Gasteiger partial charge on any atom is 0.408 e. The lowest BCUT2D eigenvalue weighted by molar-refractivity contribution is -0.148. The molecule has 2 unspecified atom stereocenters. The number of nitrogens with one attached hydrogen (secondary N) is 1. The fourth-order valence-corrected chi connectivity index (χ4v) is 8.93. The highest BCUT2D eigenvalue weighted by Crippen LogP contribution is 2.44. The number of aliphatic carboxylic acids is 1. The van der Waals surface area contributed by atoms with Crippen LogP contribution in [-0.4, -0.2) is 138 Å². The molecule has 4 aromatic carbocycles. The van der Waals surface area contributed by atoms with Crippen molar-refractivity contribution in [1.82, 2.24) is 5.32 Å². The number of amides is 1. The van der Waals surface area contributed by atoms with Crippen LogP contribution in [0.5, 0.6) is 0 Å². The zero-order valence-corrected chi connectivity index (χ0v) is 55.5. The topological polar surface area (TPSA) is 310 Å². The van der Waals surface area contributed by atoms with Gasteiger partial charge in [0.25, 0.3) is 0 Å². The average Bonchev–Trinajstić information content (AvgIpc) is 1.86. The van der Waals surface area contributed by atoms with Crippen molar-refractivity contribution in [3.8, 4) is 11.1 Å². The van der Waals surface area contributed by atoms with Crippen LogP contribution in [0, 0.1) is 0 Å². The number of carboxylic acid groups (broad SMARTS) is 1. The van der Waals surface area contributed by atoms with Crippen LogP contribution >= 0.6 is 0 Å². The van der Waals surface area contributed by atoms with Gasteiger partial charge in [-0.3, -0.25) is 29.2 Å². The van der Waals surface area contributed by atoms with Crippen molar-refractivity contribution in [1.29, 1.82) is 0 Å². The lowest BCUT2D eigenvalue weighted by Crippen LogP contribution is -2.54. The van der Waals surface area contributed by atoms with E-state index in [9.17, 15) is 38.7 Å². The minimum Gasteiger partial charge on any atom is -0.480 e. The maximum atomic E-state index is 12.7. The monoisotopic (exact) mass is 1250 g/mol. The Hall–Kier alpha value is -7.81. The average molecular weight is 1260 g/mol. The summed E-state index contributed by atoms with van der Waals surface area (Å²) in [5.41, 5.74) is 20.8. The molecule has 0 spiro atoms. The first-order valence-corrected chi connectivity index (χ1v) is 31.4. The number of hydrogen-bond acceptors (Lipinski definition) is 18. The van der Waals surface area contributed by atoms with Gasteiger partial charge in [0, 0.05) is 18.3 Å². The number of hydrogen-bond donors (Lipinski definition) is 5. The number of carboxylic acids is 1. The number of aliphatic imine (C=N–C) groups is 2. The molecule has 20 heteroatoms. The Balaban J connectivity index is 0.00000114. The van der Waals surface area contributed by atoms with Crippen LogP contribution in [0.15, 0.2) is 119 Å². The molecule has 90 heavy (non-hydrogen) atoms. The van der Waals surface area contributed by atoms with Crippen LogP contribution in [0.25, 0.3) is 11.1 Å². The molecule has 0 heterocycles. The van der Waals surface area contributed by atoms with Gasteiger partial charge in [-0.05, 0) is 71.9 Å². The van der Waals surface area contributed by atoms with Gasteiger partial charge < -0.3 is 56.0 Å². The van der Waals surface area contributed by atoms with Crippen molar-refractivity contribution < 1.29 is 67.1 Å². The molecule has 2 atom stereocenters. The quantitative estimate of drug-likeness (QED) is 0.0178. The van der Waals surface area contributed by atoms with Gasteiger partial charge in [-0.25, -0.2) is 14.4 Å². The highest BCUT2D eigenvalue weighted by Gasteiger charge is 2.40. The van der Waals surface area contributed by atoms with Gasteiger partial charge in [0.1, 0.15) is 36.3 Å². The number of methoxy groups -OCH3 is 5. The molecule has 1 aliphatic carbocycles. The van der Waals surface area contributed by atoms with Gasteiger partial charge in [0.05, 0.1) is 42.1 Å². The summed E-state index contributed by atoms with van der Waals surface area (Å²) in [6, 6.07) is 34.8. The normalized spacial score (nSPS) is 11.8. The van der Waals surface area contributed by atoms with Crippen LogP contribution in [0.3, 0.4) is 0 Å². The fourth-order valence-electron chi connectivity index (χ4n) is 8.93. The standard InChI is InChI=1S/C25H31NO4.C14H19NO2.C11H23NO2.C10H11NO2.C7H15NO2.C3H7NO2/c1-3-5-15-25(23(27)28,16-6-4-2)26-24(29)30-17-22-20-13-9-7-11-18(20)19-12-8-10-14-21(19)22;1-3-4-10-13(14(16)17-2)15-11-12-8-6-5-7-9-12;1-4-6-8-11(12,9-7-5-2)10(13)14-3;1-13-10(12)8-11-7-9-5-3-2-4-6-9;1-3-4-5-6(8)7(9)10-2;1-6-3(5)2-4/h7-14,22H,3-6,15-17H2,1-2H3,(H,26,29)(H,27,28);5-9,11,13H,3-4,10H2,1-2H3;4-9,12H2,1-3H3;2-7H,8H2,1H3;6H,3-5,8H2,1-2H3;2,4H2,1H3. The third-order valence-electron chi connectivity index (χ3n) is 14.3. The molecule has 8 N–H and O–H groups in total. The number of esters is 5. The lowest BCUT2D eigenvalue weighted by atomic mass is 9.87. The zero-order chi connectivity index (χ0) is 67.6. The van der Waals surface area contributed by atoms with Crippen molar-refractivity contribution in [3.63, 3.8) is 0 Å². The Bertz CT molecular complexity index is 2620. The van der Waals surface area contributed by atoms with Crippen molar-refractivity contribution in [2.75, 3.05) is 55.2 Å². The van der Waals surface area contributed by atoms with Crippen LogP contribution in [0.4, 0.5) is 4.79 Å². The summed E-state index contributed by atoms with van der Waals surface area (Å²) >= 11 is 0. The minimum absolute atomic E-state index is 0.0312.